The summed E-state index contributed by atoms with van der Waals surface area (Å²) >= 11 is 0. The third kappa shape index (κ3) is 3.64. The van der Waals surface area contributed by atoms with E-state index in [-0.39, 0.29) is 11.9 Å². The molecule has 3 rings (SSSR count). The fourth-order valence-electron chi connectivity index (χ4n) is 3.05. The third-order valence-electron chi connectivity index (χ3n) is 4.32. The smallest absolute Gasteiger partial charge is 0.234 e. The molecule has 1 atom stereocenters. The Hall–Kier alpha value is -1.37. The quantitative estimate of drug-likeness (QED) is 0.803. The predicted octanol–water partition coefficient (Wildman–Crippen LogP) is 0.0462. The Morgan fingerprint density at radius 1 is 1.48 bits per heavy atom. The fourth-order valence-corrected chi connectivity index (χ4v) is 3.05. The molecule has 2 saturated heterocycles. The van der Waals surface area contributed by atoms with E-state index in [4.69, 9.17) is 4.42 Å². The van der Waals surface area contributed by atoms with Crippen LogP contribution in [-0.2, 0) is 4.79 Å². The van der Waals surface area contributed by atoms with E-state index in [1.54, 1.807) is 6.26 Å². The highest BCUT2D eigenvalue weighted by molar-refractivity contribution is 5.78. The van der Waals surface area contributed by atoms with Crippen LogP contribution in [0.1, 0.15) is 18.7 Å². The van der Waals surface area contributed by atoms with Gasteiger partial charge in [-0.25, -0.2) is 0 Å². The first-order valence-electron chi connectivity index (χ1n) is 7.72. The Balaban J connectivity index is 1.37. The lowest BCUT2D eigenvalue weighted by Gasteiger charge is -2.46. The first-order chi connectivity index (χ1) is 10.2. The van der Waals surface area contributed by atoms with Gasteiger partial charge in [-0.05, 0) is 19.1 Å². The number of carbonyl (C=O) groups is 1. The van der Waals surface area contributed by atoms with Crippen molar-refractivity contribution in [3.05, 3.63) is 24.2 Å². The van der Waals surface area contributed by atoms with E-state index in [0.717, 1.165) is 45.0 Å². The number of piperazine rings is 1. The molecule has 2 fully saturated rings. The van der Waals surface area contributed by atoms with E-state index in [2.05, 4.69) is 20.4 Å². The van der Waals surface area contributed by atoms with Crippen LogP contribution in [0.25, 0.3) is 0 Å². The zero-order chi connectivity index (χ0) is 14.7. The minimum Gasteiger partial charge on any atom is -0.467 e. The Labute approximate surface area is 125 Å². The zero-order valence-corrected chi connectivity index (χ0v) is 12.5. The van der Waals surface area contributed by atoms with Crippen molar-refractivity contribution < 1.29 is 9.21 Å². The Morgan fingerprint density at radius 2 is 2.24 bits per heavy atom. The van der Waals surface area contributed by atoms with Crippen LogP contribution >= 0.6 is 0 Å². The predicted molar refractivity (Wildman–Crippen MR) is 79.9 cm³/mol. The maximum Gasteiger partial charge on any atom is 0.234 e. The standard InChI is InChI=1S/C15H24N4O2/c1-12(14-3-2-8-21-14)17-15(20)11-18-9-13(10-18)19-6-4-16-5-7-19/h2-3,8,12-13,16H,4-7,9-11H2,1H3,(H,17,20). The molecule has 0 radical (unpaired) electrons. The largest absolute Gasteiger partial charge is 0.467 e. The van der Waals surface area contributed by atoms with Crippen molar-refractivity contribution in [2.45, 2.75) is 19.0 Å². The molecule has 21 heavy (non-hydrogen) atoms. The average Bonchev–Trinajstić information content (AvgIpc) is 2.97. The van der Waals surface area contributed by atoms with Gasteiger partial charge in [-0.2, -0.15) is 0 Å². The van der Waals surface area contributed by atoms with Crippen molar-refractivity contribution in [2.24, 2.45) is 0 Å². The van der Waals surface area contributed by atoms with Gasteiger partial charge in [0.2, 0.25) is 5.91 Å². The number of rotatable bonds is 5. The van der Waals surface area contributed by atoms with Crippen LogP contribution in [0.15, 0.2) is 22.8 Å². The van der Waals surface area contributed by atoms with Crippen LogP contribution in [-0.4, -0.2) is 67.6 Å². The second-order valence-corrected chi connectivity index (χ2v) is 5.94. The van der Waals surface area contributed by atoms with Gasteiger partial charge in [0.1, 0.15) is 5.76 Å². The topological polar surface area (TPSA) is 60.8 Å². The SMILES string of the molecule is CC(NC(=O)CN1CC(N2CCNCC2)C1)c1ccco1. The summed E-state index contributed by atoms with van der Waals surface area (Å²) in [5.41, 5.74) is 0. The molecule has 116 valence electrons. The number of likely N-dealkylation sites (tertiary alicyclic amines) is 1. The van der Waals surface area contributed by atoms with Crippen LogP contribution in [0.3, 0.4) is 0 Å². The van der Waals surface area contributed by atoms with Crippen molar-refractivity contribution in [2.75, 3.05) is 45.8 Å². The third-order valence-corrected chi connectivity index (χ3v) is 4.32. The summed E-state index contributed by atoms with van der Waals surface area (Å²) < 4.78 is 5.30. The summed E-state index contributed by atoms with van der Waals surface area (Å²) in [6.07, 6.45) is 1.63. The number of nitrogens with zero attached hydrogens (tertiary/aromatic N) is 2. The van der Waals surface area contributed by atoms with Gasteiger partial charge in [0, 0.05) is 45.3 Å². The highest BCUT2D eigenvalue weighted by Gasteiger charge is 2.33. The molecular formula is C15H24N4O2. The normalized spacial score (nSPS) is 22.7. The van der Waals surface area contributed by atoms with Crippen molar-refractivity contribution >= 4 is 5.91 Å². The summed E-state index contributed by atoms with van der Waals surface area (Å²) in [4.78, 5) is 16.7. The van der Waals surface area contributed by atoms with Gasteiger partial charge in [0.05, 0.1) is 18.8 Å². The van der Waals surface area contributed by atoms with Crippen LogP contribution in [0.4, 0.5) is 0 Å². The number of furan rings is 1. The minimum atomic E-state index is -0.0715. The fraction of sp³-hybridized carbons (Fsp3) is 0.667. The number of carbonyl (C=O) groups excluding carboxylic acids is 1. The monoisotopic (exact) mass is 292 g/mol. The van der Waals surface area contributed by atoms with Gasteiger partial charge in [-0.15, -0.1) is 0 Å². The van der Waals surface area contributed by atoms with Gasteiger partial charge in [0.25, 0.3) is 0 Å². The number of hydrogen-bond donors (Lipinski definition) is 2. The molecule has 0 spiro atoms. The highest BCUT2D eigenvalue weighted by atomic mass is 16.3. The molecule has 0 aliphatic carbocycles. The average molecular weight is 292 g/mol. The summed E-state index contributed by atoms with van der Waals surface area (Å²) in [6, 6.07) is 4.28. The second kappa shape index (κ2) is 6.60. The summed E-state index contributed by atoms with van der Waals surface area (Å²) in [5, 5.41) is 6.35. The van der Waals surface area contributed by atoms with Crippen molar-refractivity contribution in [1.29, 1.82) is 0 Å². The van der Waals surface area contributed by atoms with Crippen molar-refractivity contribution in [1.82, 2.24) is 20.4 Å². The van der Waals surface area contributed by atoms with Gasteiger partial charge in [-0.3, -0.25) is 14.6 Å². The maximum atomic E-state index is 12.0. The molecule has 1 amide bonds. The molecule has 0 bridgehead atoms. The van der Waals surface area contributed by atoms with E-state index in [0.29, 0.717) is 12.6 Å². The summed E-state index contributed by atoms with van der Waals surface area (Å²) in [5.74, 6) is 0.864. The lowest BCUT2D eigenvalue weighted by atomic mass is 10.1. The van der Waals surface area contributed by atoms with Gasteiger partial charge in [0.15, 0.2) is 0 Å². The van der Waals surface area contributed by atoms with Gasteiger partial charge < -0.3 is 15.1 Å². The summed E-state index contributed by atoms with van der Waals surface area (Å²) in [6.45, 7) is 8.84. The van der Waals surface area contributed by atoms with Gasteiger partial charge in [-0.1, -0.05) is 0 Å². The lowest BCUT2D eigenvalue weighted by Crippen LogP contribution is -2.63. The molecule has 3 heterocycles. The Kier molecular flexibility index (Phi) is 4.57. The van der Waals surface area contributed by atoms with Crippen LogP contribution < -0.4 is 10.6 Å². The van der Waals surface area contributed by atoms with Gasteiger partial charge >= 0.3 is 0 Å². The van der Waals surface area contributed by atoms with E-state index < -0.39 is 0 Å². The first kappa shape index (κ1) is 14.6. The molecule has 1 aromatic rings. The molecule has 0 aromatic carbocycles. The Bertz CT molecular complexity index is 450. The van der Waals surface area contributed by atoms with Crippen LogP contribution in [0.2, 0.25) is 0 Å². The zero-order valence-electron chi connectivity index (χ0n) is 12.5. The molecular weight excluding hydrogens is 268 g/mol. The van der Waals surface area contributed by atoms with Crippen molar-refractivity contribution in [3.63, 3.8) is 0 Å². The molecule has 0 saturated carbocycles. The first-order valence-corrected chi connectivity index (χ1v) is 7.72. The second-order valence-electron chi connectivity index (χ2n) is 5.94. The maximum absolute atomic E-state index is 12.0. The summed E-state index contributed by atoms with van der Waals surface area (Å²) in [7, 11) is 0. The van der Waals surface area contributed by atoms with Crippen LogP contribution in [0, 0.1) is 0 Å². The number of nitrogens with one attached hydrogen (secondary N) is 2. The molecule has 1 unspecified atom stereocenters. The number of hydrogen-bond acceptors (Lipinski definition) is 5. The molecule has 6 heteroatoms. The highest BCUT2D eigenvalue weighted by Crippen LogP contribution is 2.16. The molecule has 2 aliphatic heterocycles. The lowest BCUT2D eigenvalue weighted by molar-refractivity contribution is -0.125. The Morgan fingerprint density at radius 3 is 2.90 bits per heavy atom. The van der Waals surface area contributed by atoms with Crippen LogP contribution in [0.5, 0.6) is 0 Å². The van der Waals surface area contributed by atoms with E-state index in [1.165, 1.54) is 0 Å². The van der Waals surface area contributed by atoms with E-state index in [1.807, 2.05) is 19.1 Å². The number of amides is 1. The molecule has 2 N–H and O–H groups in total. The molecule has 2 aliphatic rings. The molecule has 1 aromatic heterocycles. The minimum absolute atomic E-state index is 0.0673. The van der Waals surface area contributed by atoms with E-state index >= 15 is 0 Å². The van der Waals surface area contributed by atoms with Crippen molar-refractivity contribution in [3.8, 4) is 0 Å². The molecule has 6 nitrogen and oxygen atoms in total. The van der Waals surface area contributed by atoms with E-state index in [9.17, 15) is 4.79 Å².